The van der Waals surface area contributed by atoms with Gasteiger partial charge in [-0.05, 0) is 36.6 Å². The van der Waals surface area contributed by atoms with Crippen LogP contribution in [0.2, 0.25) is 0 Å². The number of hydrogen-bond acceptors (Lipinski definition) is 0. The highest BCUT2D eigenvalue weighted by Gasteiger charge is 2.04. The van der Waals surface area contributed by atoms with Gasteiger partial charge in [-0.1, -0.05) is 102 Å². The van der Waals surface area contributed by atoms with Crippen molar-refractivity contribution in [3.8, 4) is 0 Å². The van der Waals surface area contributed by atoms with Crippen LogP contribution in [0, 0.1) is 0 Å². The normalized spacial score (nSPS) is 11.6. The third-order valence-electron chi connectivity index (χ3n) is 5.89. The van der Waals surface area contributed by atoms with Crippen LogP contribution < -0.4 is 0 Å². The Kier molecular flexibility index (Phi) is 8.27. The molecule has 0 fully saturated rings. The summed E-state index contributed by atoms with van der Waals surface area (Å²) < 4.78 is 0. The molecule has 0 spiro atoms. The van der Waals surface area contributed by atoms with Gasteiger partial charge in [0, 0.05) is 21.8 Å². The van der Waals surface area contributed by atoms with Gasteiger partial charge in [0.15, 0.2) is 0 Å². The number of fused-ring (bicyclic) bond motifs is 3. The number of H-pyrrole nitrogens is 1. The Bertz CT molecular complexity index is 798. The minimum atomic E-state index is 1.22. The maximum Gasteiger partial charge on any atom is 0.0465 e. The Morgan fingerprint density at radius 2 is 1.19 bits per heavy atom. The van der Waals surface area contributed by atoms with Crippen molar-refractivity contribution >= 4 is 21.8 Å². The molecule has 0 aliphatic carbocycles. The monoisotopic (exact) mass is 363 g/mol. The molecule has 0 saturated heterocycles. The fraction of sp³-hybridized carbons (Fsp3) is 0.538. The average molecular weight is 364 g/mol. The van der Waals surface area contributed by atoms with Gasteiger partial charge in [-0.2, -0.15) is 0 Å². The molecule has 0 aliphatic rings. The van der Waals surface area contributed by atoms with E-state index in [1.54, 1.807) is 0 Å². The molecule has 0 amide bonds. The summed E-state index contributed by atoms with van der Waals surface area (Å²) in [6.45, 7) is 2.29. The summed E-state index contributed by atoms with van der Waals surface area (Å²) in [6.07, 6.45) is 18.2. The molecule has 0 aliphatic heterocycles. The van der Waals surface area contributed by atoms with Crippen molar-refractivity contribution in [2.75, 3.05) is 0 Å². The van der Waals surface area contributed by atoms with Crippen LogP contribution in [0.4, 0.5) is 0 Å². The van der Waals surface area contributed by atoms with Crippen LogP contribution in [0.3, 0.4) is 0 Å². The van der Waals surface area contributed by atoms with Gasteiger partial charge >= 0.3 is 0 Å². The third kappa shape index (κ3) is 6.13. The maximum atomic E-state index is 3.52. The molecule has 1 heteroatoms. The standard InChI is InChI=1S/C26H37N/c1-2-3-4-5-6-7-8-9-10-11-12-13-16-22-19-20-26-24(21-22)23-17-14-15-18-25(23)27-26/h14-15,17-21,27H,2-13,16H2,1H3. The van der Waals surface area contributed by atoms with E-state index in [1.807, 2.05) is 0 Å². The molecule has 0 bridgehead atoms. The molecule has 0 unspecified atom stereocenters. The van der Waals surface area contributed by atoms with Gasteiger partial charge in [-0.15, -0.1) is 0 Å². The number of aryl methyl sites for hydroxylation is 1. The van der Waals surface area contributed by atoms with Crippen LogP contribution >= 0.6 is 0 Å². The molecule has 0 saturated carbocycles. The number of unbranched alkanes of at least 4 members (excludes halogenated alkanes) is 11. The van der Waals surface area contributed by atoms with Gasteiger partial charge in [0.1, 0.15) is 0 Å². The Labute approximate surface area is 165 Å². The summed E-state index contributed by atoms with van der Waals surface area (Å²) in [5.41, 5.74) is 3.99. The van der Waals surface area contributed by atoms with E-state index in [2.05, 4.69) is 54.4 Å². The second kappa shape index (κ2) is 11.2. The van der Waals surface area contributed by atoms with E-state index in [9.17, 15) is 0 Å². The molecule has 1 nitrogen and oxygen atoms in total. The van der Waals surface area contributed by atoms with Gasteiger partial charge < -0.3 is 4.98 Å². The first-order valence-corrected chi connectivity index (χ1v) is 11.4. The van der Waals surface area contributed by atoms with Crippen LogP contribution in [-0.2, 0) is 6.42 Å². The van der Waals surface area contributed by atoms with Gasteiger partial charge in [-0.3, -0.25) is 0 Å². The van der Waals surface area contributed by atoms with Crippen LogP contribution in [0.5, 0.6) is 0 Å². The number of para-hydroxylation sites is 1. The number of rotatable bonds is 13. The van der Waals surface area contributed by atoms with E-state index < -0.39 is 0 Å². The molecule has 27 heavy (non-hydrogen) atoms. The quantitative estimate of drug-likeness (QED) is 0.293. The summed E-state index contributed by atoms with van der Waals surface area (Å²) in [7, 11) is 0. The van der Waals surface area contributed by atoms with Crippen molar-refractivity contribution in [3.63, 3.8) is 0 Å². The lowest BCUT2D eigenvalue weighted by atomic mass is 10.0. The fourth-order valence-electron chi connectivity index (χ4n) is 4.22. The number of aromatic amines is 1. The summed E-state index contributed by atoms with van der Waals surface area (Å²) in [5, 5.41) is 2.73. The Balaban J connectivity index is 1.30. The van der Waals surface area contributed by atoms with Gasteiger partial charge in [0.25, 0.3) is 0 Å². The lowest BCUT2D eigenvalue weighted by Gasteiger charge is -2.04. The summed E-state index contributed by atoms with van der Waals surface area (Å²) in [4.78, 5) is 3.52. The lowest BCUT2D eigenvalue weighted by molar-refractivity contribution is 0.544. The maximum absolute atomic E-state index is 3.52. The third-order valence-corrected chi connectivity index (χ3v) is 5.89. The van der Waals surface area contributed by atoms with E-state index in [0.29, 0.717) is 0 Å². The highest BCUT2D eigenvalue weighted by atomic mass is 14.7. The molecule has 1 N–H and O–H groups in total. The smallest absolute Gasteiger partial charge is 0.0465 e. The predicted octanol–water partition coefficient (Wildman–Crippen LogP) is 8.56. The molecule has 0 atom stereocenters. The highest BCUT2D eigenvalue weighted by Crippen LogP contribution is 2.26. The zero-order valence-corrected chi connectivity index (χ0v) is 17.2. The topological polar surface area (TPSA) is 15.8 Å². The minimum absolute atomic E-state index is 1.22. The van der Waals surface area contributed by atoms with E-state index in [-0.39, 0.29) is 0 Å². The van der Waals surface area contributed by atoms with Crippen molar-refractivity contribution in [1.82, 2.24) is 4.98 Å². The van der Waals surface area contributed by atoms with Crippen molar-refractivity contribution in [1.29, 1.82) is 0 Å². The van der Waals surface area contributed by atoms with Crippen LogP contribution in [0.25, 0.3) is 21.8 Å². The number of nitrogens with one attached hydrogen (secondary N) is 1. The zero-order chi connectivity index (χ0) is 18.7. The van der Waals surface area contributed by atoms with Crippen LogP contribution in [-0.4, -0.2) is 4.98 Å². The van der Waals surface area contributed by atoms with Gasteiger partial charge in [0.05, 0.1) is 0 Å². The molecule has 3 rings (SSSR count). The van der Waals surface area contributed by atoms with Crippen molar-refractivity contribution in [2.45, 2.75) is 90.4 Å². The van der Waals surface area contributed by atoms with Crippen molar-refractivity contribution < 1.29 is 0 Å². The van der Waals surface area contributed by atoms with Crippen LogP contribution in [0.15, 0.2) is 42.5 Å². The first-order chi connectivity index (χ1) is 13.4. The fourth-order valence-corrected chi connectivity index (χ4v) is 4.22. The Morgan fingerprint density at radius 3 is 1.89 bits per heavy atom. The SMILES string of the molecule is CCCCCCCCCCCCCCc1ccc2[nH]c3ccccc3c2c1. The number of aromatic nitrogens is 1. The largest absolute Gasteiger partial charge is 0.355 e. The molecule has 2 aromatic carbocycles. The molecule has 1 heterocycles. The average Bonchev–Trinajstić information content (AvgIpc) is 3.07. The van der Waals surface area contributed by atoms with E-state index in [0.717, 1.165) is 0 Å². The molecule has 146 valence electrons. The van der Waals surface area contributed by atoms with E-state index >= 15 is 0 Å². The van der Waals surface area contributed by atoms with Gasteiger partial charge in [0.2, 0.25) is 0 Å². The number of hydrogen-bond donors (Lipinski definition) is 1. The Hall–Kier alpha value is -1.76. The molecule has 1 aromatic heterocycles. The zero-order valence-electron chi connectivity index (χ0n) is 17.2. The summed E-state index contributed by atoms with van der Waals surface area (Å²) in [5.74, 6) is 0. The lowest BCUT2D eigenvalue weighted by Crippen LogP contribution is -1.87. The highest BCUT2D eigenvalue weighted by molar-refractivity contribution is 6.07. The number of benzene rings is 2. The predicted molar refractivity (Wildman–Crippen MR) is 121 cm³/mol. The Morgan fingerprint density at radius 1 is 0.593 bits per heavy atom. The summed E-state index contributed by atoms with van der Waals surface area (Å²) in [6, 6.07) is 15.6. The minimum Gasteiger partial charge on any atom is -0.355 e. The second-order valence-electron chi connectivity index (χ2n) is 8.19. The van der Waals surface area contributed by atoms with Gasteiger partial charge in [-0.25, -0.2) is 0 Å². The molecule has 3 aromatic rings. The molecular weight excluding hydrogens is 326 g/mol. The first kappa shape index (κ1) is 20.0. The second-order valence-corrected chi connectivity index (χ2v) is 8.19. The molecule has 0 radical (unpaired) electrons. The van der Waals surface area contributed by atoms with Crippen molar-refractivity contribution in [3.05, 3.63) is 48.0 Å². The molecular formula is C26H37N. The van der Waals surface area contributed by atoms with Crippen molar-refractivity contribution in [2.24, 2.45) is 0 Å². The van der Waals surface area contributed by atoms with Crippen LogP contribution in [0.1, 0.15) is 89.5 Å². The van der Waals surface area contributed by atoms with E-state index in [1.165, 1.54) is 111 Å². The summed E-state index contributed by atoms with van der Waals surface area (Å²) >= 11 is 0. The van der Waals surface area contributed by atoms with E-state index in [4.69, 9.17) is 0 Å². The first-order valence-electron chi connectivity index (χ1n) is 11.4.